The van der Waals surface area contributed by atoms with Gasteiger partial charge in [0.2, 0.25) is 0 Å². The molecule has 0 bridgehead atoms. The summed E-state index contributed by atoms with van der Waals surface area (Å²) in [6.07, 6.45) is -31.3. The van der Waals surface area contributed by atoms with E-state index in [2.05, 4.69) is 0 Å². The first-order valence-corrected chi connectivity index (χ1v) is 14.7. The van der Waals surface area contributed by atoms with Gasteiger partial charge in [-0.05, 0) is 0 Å². The van der Waals surface area contributed by atoms with E-state index in [1.54, 1.807) is 0 Å². The van der Waals surface area contributed by atoms with E-state index >= 15 is 0 Å². The van der Waals surface area contributed by atoms with Crippen molar-refractivity contribution in [2.24, 2.45) is 0 Å². The summed E-state index contributed by atoms with van der Waals surface area (Å²) in [6.45, 7) is -2.37. The van der Waals surface area contributed by atoms with Crippen molar-refractivity contribution in [3.8, 4) is 0 Å². The molecular formula is C25H42O21. The lowest BCUT2D eigenvalue weighted by Gasteiger charge is -2.45. The van der Waals surface area contributed by atoms with E-state index < -0.39 is 149 Å². The molecule has 12 N–H and O–H groups in total. The van der Waals surface area contributed by atoms with E-state index in [0.717, 1.165) is 0 Å². The fraction of sp³-hybridized carbons (Fsp3) is 1.00. The standard InChI is InChI=1S/C25H42O21/c26-1-7-12(29)18(35)25(42-7)46-20-10(45-22-16(33)11(28)6(27)2-39-22)5-41-24(19(20)36)44-9-4-40-23(17(34)14(9)31)43-8-3-38-21(37)15(32)13(8)30/h6-37H,1-5H2/t6-,7-,8-,9-,10-,11+,12-,13+,14+,15-,16-,17-,18+,19-,20+,21-,22+,23+,24+,25-/m1/s1. The number of aliphatic hydroxyl groups is 12. The molecule has 0 aromatic rings. The molecule has 0 amide bonds. The van der Waals surface area contributed by atoms with Crippen molar-refractivity contribution in [1.29, 1.82) is 0 Å². The Kier molecular flexibility index (Phi) is 12.2. The largest absolute Gasteiger partial charge is 0.394 e. The molecule has 0 aromatic heterocycles. The molecule has 21 heteroatoms. The van der Waals surface area contributed by atoms with E-state index in [1.165, 1.54) is 0 Å². The van der Waals surface area contributed by atoms with Crippen LogP contribution in [0.4, 0.5) is 0 Å². The summed E-state index contributed by atoms with van der Waals surface area (Å²) in [5.41, 5.74) is 0. The Hall–Kier alpha value is -0.840. The fourth-order valence-corrected chi connectivity index (χ4v) is 5.62. The van der Waals surface area contributed by atoms with Crippen LogP contribution in [-0.4, -0.2) is 217 Å². The minimum Gasteiger partial charge on any atom is -0.394 e. The van der Waals surface area contributed by atoms with Gasteiger partial charge in [-0.15, -0.1) is 0 Å². The van der Waals surface area contributed by atoms with Gasteiger partial charge in [-0.3, -0.25) is 0 Å². The molecule has 268 valence electrons. The molecule has 5 rings (SSSR count). The van der Waals surface area contributed by atoms with E-state index in [9.17, 15) is 61.3 Å². The molecule has 0 spiro atoms. The highest BCUT2D eigenvalue weighted by Crippen LogP contribution is 2.32. The monoisotopic (exact) mass is 678 g/mol. The third-order valence-electron chi connectivity index (χ3n) is 8.47. The summed E-state index contributed by atoms with van der Waals surface area (Å²) in [7, 11) is 0. The molecule has 20 atom stereocenters. The lowest BCUT2D eigenvalue weighted by Crippen LogP contribution is -2.63. The highest BCUT2D eigenvalue weighted by molar-refractivity contribution is 4.94. The molecule has 0 aromatic carbocycles. The first-order valence-electron chi connectivity index (χ1n) is 14.7. The molecule has 21 nitrogen and oxygen atoms in total. The summed E-state index contributed by atoms with van der Waals surface area (Å²) in [5, 5.41) is 122. The van der Waals surface area contributed by atoms with Crippen molar-refractivity contribution >= 4 is 0 Å². The zero-order valence-electron chi connectivity index (χ0n) is 24.1. The fourth-order valence-electron chi connectivity index (χ4n) is 5.62. The Labute approximate surface area is 260 Å². The van der Waals surface area contributed by atoms with Gasteiger partial charge in [-0.25, -0.2) is 0 Å². The van der Waals surface area contributed by atoms with Gasteiger partial charge in [0.15, 0.2) is 31.5 Å². The van der Waals surface area contributed by atoms with E-state index in [-0.39, 0.29) is 6.61 Å². The summed E-state index contributed by atoms with van der Waals surface area (Å²) in [5.74, 6) is 0. The van der Waals surface area contributed by atoms with Crippen LogP contribution in [0.1, 0.15) is 0 Å². The summed E-state index contributed by atoms with van der Waals surface area (Å²) in [6, 6.07) is 0. The Balaban J connectivity index is 1.24. The second-order valence-electron chi connectivity index (χ2n) is 11.7. The quantitative estimate of drug-likeness (QED) is 0.108. The van der Waals surface area contributed by atoms with Crippen LogP contribution in [0.2, 0.25) is 0 Å². The maximum absolute atomic E-state index is 11.3. The highest BCUT2D eigenvalue weighted by Gasteiger charge is 2.52. The van der Waals surface area contributed by atoms with E-state index in [0.29, 0.717) is 0 Å². The zero-order valence-corrected chi connectivity index (χ0v) is 24.1. The lowest BCUT2D eigenvalue weighted by molar-refractivity contribution is -0.367. The zero-order chi connectivity index (χ0) is 33.4. The molecule has 0 saturated carbocycles. The molecular weight excluding hydrogens is 636 g/mol. The maximum atomic E-state index is 11.3. The molecule has 5 heterocycles. The third kappa shape index (κ3) is 7.50. The van der Waals surface area contributed by atoms with Gasteiger partial charge in [0.05, 0.1) is 33.0 Å². The summed E-state index contributed by atoms with van der Waals surface area (Å²) < 4.78 is 49.1. The Morgan fingerprint density at radius 2 is 0.913 bits per heavy atom. The molecule has 46 heavy (non-hydrogen) atoms. The molecule has 0 unspecified atom stereocenters. The average molecular weight is 679 g/mol. The first-order chi connectivity index (χ1) is 21.8. The maximum Gasteiger partial charge on any atom is 0.187 e. The summed E-state index contributed by atoms with van der Waals surface area (Å²) in [4.78, 5) is 0. The van der Waals surface area contributed by atoms with Gasteiger partial charge in [-0.1, -0.05) is 0 Å². The van der Waals surface area contributed by atoms with Gasteiger partial charge in [0.25, 0.3) is 0 Å². The van der Waals surface area contributed by atoms with Crippen molar-refractivity contribution in [1.82, 2.24) is 0 Å². The van der Waals surface area contributed by atoms with Crippen LogP contribution in [0.5, 0.6) is 0 Å². The molecule has 0 aliphatic carbocycles. The van der Waals surface area contributed by atoms with Gasteiger partial charge in [-0.2, -0.15) is 0 Å². The van der Waals surface area contributed by atoms with Crippen LogP contribution in [0.3, 0.4) is 0 Å². The lowest BCUT2D eigenvalue weighted by atomic mass is 10.0. The Morgan fingerprint density at radius 3 is 1.52 bits per heavy atom. The predicted molar refractivity (Wildman–Crippen MR) is 136 cm³/mol. The van der Waals surface area contributed by atoms with Gasteiger partial charge >= 0.3 is 0 Å². The second kappa shape index (κ2) is 15.4. The molecule has 5 fully saturated rings. The first kappa shape index (κ1) is 36.4. The van der Waals surface area contributed by atoms with Crippen molar-refractivity contribution < 1.29 is 104 Å². The number of aliphatic hydroxyl groups excluding tert-OH is 12. The van der Waals surface area contributed by atoms with Crippen molar-refractivity contribution in [3.05, 3.63) is 0 Å². The number of hydrogen-bond acceptors (Lipinski definition) is 21. The van der Waals surface area contributed by atoms with Gasteiger partial charge in [0, 0.05) is 0 Å². The average Bonchev–Trinajstić information content (AvgIpc) is 3.31. The van der Waals surface area contributed by atoms with Crippen LogP contribution in [0.25, 0.3) is 0 Å². The minimum atomic E-state index is -1.82. The number of ether oxygens (including phenoxy) is 9. The van der Waals surface area contributed by atoms with Gasteiger partial charge < -0.3 is 104 Å². The van der Waals surface area contributed by atoms with Crippen molar-refractivity contribution in [3.63, 3.8) is 0 Å². The summed E-state index contributed by atoms with van der Waals surface area (Å²) >= 11 is 0. The van der Waals surface area contributed by atoms with Crippen molar-refractivity contribution in [2.45, 2.75) is 123 Å². The molecule has 0 radical (unpaired) electrons. The minimum absolute atomic E-state index is 0.368. The van der Waals surface area contributed by atoms with Gasteiger partial charge in [0.1, 0.15) is 91.6 Å². The second-order valence-corrected chi connectivity index (χ2v) is 11.7. The topological polar surface area (TPSA) is 326 Å². The molecule has 5 saturated heterocycles. The van der Waals surface area contributed by atoms with Crippen LogP contribution >= 0.6 is 0 Å². The predicted octanol–water partition coefficient (Wildman–Crippen LogP) is -8.73. The Morgan fingerprint density at radius 1 is 0.435 bits per heavy atom. The third-order valence-corrected chi connectivity index (χ3v) is 8.47. The van der Waals surface area contributed by atoms with E-state index in [4.69, 9.17) is 42.6 Å². The number of hydrogen-bond donors (Lipinski definition) is 12. The smallest absolute Gasteiger partial charge is 0.187 e. The van der Waals surface area contributed by atoms with E-state index in [1.807, 2.05) is 0 Å². The van der Waals surface area contributed by atoms with Crippen LogP contribution in [0.15, 0.2) is 0 Å². The van der Waals surface area contributed by atoms with Crippen LogP contribution < -0.4 is 0 Å². The SMILES string of the molecule is OC[C@H]1O[C@H](O[C@@H]2[C@@H](O)[C@H](O[C@@H]3CO[C@@H](O[C@@H]4CO[C@@H](O)[C@H](O)[C@H]4O)[C@H](O)[C@H]3O)OC[C@H]2O[C@@H]2OC[C@@H](O)[C@H](O)[C@H]2O)[C@@H](O)[C@@H]1O. The Bertz CT molecular complexity index is 965. The van der Waals surface area contributed by atoms with Crippen molar-refractivity contribution in [2.75, 3.05) is 33.0 Å². The molecule has 5 aliphatic heterocycles. The highest BCUT2D eigenvalue weighted by atomic mass is 16.8. The van der Waals surface area contributed by atoms with Crippen LogP contribution in [0, 0.1) is 0 Å². The number of rotatable bonds is 9. The normalized spacial score (nSPS) is 53.7. The molecule has 5 aliphatic rings. The van der Waals surface area contributed by atoms with Crippen LogP contribution in [-0.2, 0) is 42.6 Å².